The van der Waals surface area contributed by atoms with E-state index >= 15 is 0 Å². The first-order valence-corrected chi connectivity index (χ1v) is 8.90. The number of aryl methyl sites for hydroxylation is 2. The van der Waals surface area contributed by atoms with Gasteiger partial charge in [-0.3, -0.25) is 9.59 Å². The molecule has 0 saturated carbocycles. The molecule has 0 unspecified atom stereocenters. The molecule has 5 heteroatoms. The van der Waals surface area contributed by atoms with Gasteiger partial charge in [0.2, 0.25) is 11.8 Å². The molecule has 124 valence electrons. The first kappa shape index (κ1) is 16.6. The van der Waals surface area contributed by atoms with E-state index < -0.39 is 5.91 Å². The highest BCUT2D eigenvalue weighted by Crippen LogP contribution is 2.30. The number of carbonyl (C=O) groups is 2. The summed E-state index contributed by atoms with van der Waals surface area (Å²) in [6, 6.07) is 13.1. The highest BCUT2D eigenvalue weighted by atomic mass is 32.2. The van der Waals surface area contributed by atoms with Crippen LogP contribution < -0.4 is 11.1 Å². The van der Waals surface area contributed by atoms with Crippen molar-refractivity contribution < 1.29 is 9.59 Å². The second kappa shape index (κ2) is 7.09. The van der Waals surface area contributed by atoms with Gasteiger partial charge in [0.15, 0.2) is 0 Å². The Bertz CT molecular complexity index is 771. The summed E-state index contributed by atoms with van der Waals surface area (Å²) in [5.74, 6) is -0.541. The van der Waals surface area contributed by atoms with Crippen LogP contribution in [0.1, 0.15) is 34.8 Å². The lowest BCUT2D eigenvalue weighted by molar-refractivity contribution is -0.115. The predicted octanol–water partition coefficient (Wildman–Crippen LogP) is 3.39. The van der Waals surface area contributed by atoms with Crippen LogP contribution in [0.3, 0.4) is 0 Å². The smallest absolute Gasteiger partial charge is 0.248 e. The number of anilines is 1. The Morgan fingerprint density at radius 2 is 1.79 bits per heavy atom. The zero-order chi connectivity index (χ0) is 17.1. The van der Waals surface area contributed by atoms with Gasteiger partial charge < -0.3 is 11.1 Å². The van der Waals surface area contributed by atoms with Gasteiger partial charge in [0.05, 0.1) is 5.25 Å². The summed E-state index contributed by atoms with van der Waals surface area (Å²) in [6.45, 7) is 1.89. The van der Waals surface area contributed by atoms with Crippen LogP contribution in [0.25, 0.3) is 0 Å². The molecule has 0 heterocycles. The maximum absolute atomic E-state index is 12.3. The molecular weight excluding hydrogens is 320 g/mol. The summed E-state index contributed by atoms with van der Waals surface area (Å²) in [5, 5.41) is 2.66. The summed E-state index contributed by atoms with van der Waals surface area (Å²) in [6.07, 6.45) is 3.52. The molecule has 0 spiro atoms. The third-order valence-corrected chi connectivity index (χ3v) is 5.28. The van der Waals surface area contributed by atoms with Crippen LogP contribution >= 0.6 is 11.8 Å². The van der Waals surface area contributed by atoms with E-state index in [1.165, 1.54) is 17.5 Å². The molecule has 0 radical (unpaired) electrons. The number of carbonyl (C=O) groups excluding carboxylic acids is 2. The molecule has 0 aliphatic heterocycles. The Morgan fingerprint density at radius 1 is 1.08 bits per heavy atom. The van der Waals surface area contributed by atoms with Gasteiger partial charge in [-0.2, -0.15) is 0 Å². The number of nitrogens with two attached hydrogens (primary N) is 1. The molecule has 3 N–H and O–H groups in total. The molecule has 2 aromatic rings. The van der Waals surface area contributed by atoms with Crippen molar-refractivity contribution in [2.24, 2.45) is 5.73 Å². The van der Waals surface area contributed by atoms with Gasteiger partial charge in [-0.05, 0) is 73.7 Å². The molecule has 0 fully saturated rings. The van der Waals surface area contributed by atoms with Crippen molar-refractivity contribution in [3.05, 3.63) is 59.2 Å². The number of fused-ring (bicyclic) bond motifs is 1. The van der Waals surface area contributed by atoms with E-state index in [9.17, 15) is 9.59 Å². The fourth-order valence-corrected chi connectivity index (χ4v) is 3.77. The van der Waals surface area contributed by atoms with Crippen LogP contribution in [0.2, 0.25) is 0 Å². The van der Waals surface area contributed by atoms with Crippen molar-refractivity contribution in [2.45, 2.75) is 36.3 Å². The molecule has 2 aromatic carbocycles. The molecule has 24 heavy (non-hydrogen) atoms. The van der Waals surface area contributed by atoms with E-state index in [1.54, 1.807) is 36.0 Å². The van der Waals surface area contributed by atoms with Gasteiger partial charge in [-0.25, -0.2) is 0 Å². The summed E-state index contributed by atoms with van der Waals surface area (Å²) in [4.78, 5) is 24.5. The number of primary amides is 1. The molecule has 1 atom stereocenters. The maximum atomic E-state index is 12.3. The number of rotatable bonds is 5. The molecule has 1 aliphatic rings. The average molecular weight is 340 g/mol. The fourth-order valence-electron chi connectivity index (χ4n) is 2.84. The fraction of sp³-hybridized carbons (Fsp3) is 0.263. The number of hydrogen-bond acceptors (Lipinski definition) is 3. The monoisotopic (exact) mass is 340 g/mol. The van der Waals surface area contributed by atoms with Gasteiger partial charge in [0.25, 0.3) is 0 Å². The topological polar surface area (TPSA) is 72.2 Å². The first-order valence-electron chi connectivity index (χ1n) is 8.02. The van der Waals surface area contributed by atoms with E-state index in [1.807, 2.05) is 6.92 Å². The minimum Gasteiger partial charge on any atom is -0.366 e. The molecule has 3 rings (SSSR count). The van der Waals surface area contributed by atoms with E-state index in [0.717, 1.165) is 17.7 Å². The minimum absolute atomic E-state index is 0.0627. The lowest BCUT2D eigenvalue weighted by Crippen LogP contribution is -2.22. The first-order chi connectivity index (χ1) is 11.5. The van der Waals surface area contributed by atoms with Crippen LogP contribution in [0, 0.1) is 0 Å². The lowest BCUT2D eigenvalue weighted by atomic mass is 10.1. The third kappa shape index (κ3) is 3.79. The highest BCUT2D eigenvalue weighted by Gasteiger charge is 2.17. The predicted molar refractivity (Wildman–Crippen MR) is 97.4 cm³/mol. The standard InChI is InChI=1S/C19H20N2O2S/c1-12(24-17-10-7-13-3-2-4-15(13)11-17)19(23)21-16-8-5-14(6-9-16)18(20)22/h5-12H,2-4H2,1H3,(H2,20,22)(H,21,23)/t12-/m0/s1. The Labute approximate surface area is 145 Å². The van der Waals surface area contributed by atoms with Crippen molar-refractivity contribution in [2.75, 3.05) is 5.32 Å². The normalized spacial score (nSPS) is 14.0. The van der Waals surface area contributed by atoms with Crippen molar-refractivity contribution in [3.8, 4) is 0 Å². The van der Waals surface area contributed by atoms with Gasteiger partial charge in [-0.1, -0.05) is 6.07 Å². The Morgan fingerprint density at radius 3 is 2.50 bits per heavy atom. The Kier molecular flexibility index (Phi) is 4.90. The van der Waals surface area contributed by atoms with Crippen molar-refractivity contribution in [3.63, 3.8) is 0 Å². The molecule has 2 amide bonds. The second-order valence-electron chi connectivity index (χ2n) is 5.98. The van der Waals surface area contributed by atoms with Crippen LogP contribution in [0.5, 0.6) is 0 Å². The highest BCUT2D eigenvalue weighted by molar-refractivity contribution is 8.00. The number of nitrogens with one attached hydrogen (secondary N) is 1. The molecule has 0 aromatic heterocycles. The van der Waals surface area contributed by atoms with E-state index in [2.05, 4.69) is 23.5 Å². The summed E-state index contributed by atoms with van der Waals surface area (Å²) in [7, 11) is 0. The van der Waals surface area contributed by atoms with E-state index in [0.29, 0.717) is 11.3 Å². The van der Waals surface area contributed by atoms with Gasteiger partial charge >= 0.3 is 0 Å². The largest absolute Gasteiger partial charge is 0.366 e. The number of amides is 2. The summed E-state index contributed by atoms with van der Waals surface area (Å²) >= 11 is 1.56. The SMILES string of the molecule is C[C@H](Sc1ccc2c(c1)CCC2)C(=O)Nc1ccc(C(N)=O)cc1. The van der Waals surface area contributed by atoms with Crippen molar-refractivity contribution in [1.29, 1.82) is 0 Å². The van der Waals surface area contributed by atoms with Gasteiger partial charge in [0.1, 0.15) is 0 Å². The third-order valence-electron chi connectivity index (χ3n) is 4.19. The van der Waals surface area contributed by atoms with Crippen molar-refractivity contribution >= 4 is 29.3 Å². The number of thioether (sulfide) groups is 1. The van der Waals surface area contributed by atoms with E-state index in [4.69, 9.17) is 5.73 Å². The number of hydrogen-bond donors (Lipinski definition) is 2. The second-order valence-corrected chi connectivity index (χ2v) is 7.39. The molecule has 4 nitrogen and oxygen atoms in total. The van der Waals surface area contributed by atoms with Crippen LogP contribution in [-0.4, -0.2) is 17.1 Å². The van der Waals surface area contributed by atoms with Gasteiger partial charge in [0, 0.05) is 16.1 Å². The summed E-state index contributed by atoms with van der Waals surface area (Å²) in [5.41, 5.74) is 9.14. The Hall–Kier alpha value is -2.27. The Balaban J connectivity index is 1.61. The molecule has 0 bridgehead atoms. The summed E-state index contributed by atoms with van der Waals surface area (Å²) < 4.78 is 0. The van der Waals surface area contributed by atoms with E-state index in [-0.39, 0.29) is 11.2 Å². The van der Waals surface area contributed by atoms with Gasteiger partial charge in [-0.15, -0.1) is 11.8 Å². The van der Waals surface area contributed by atoms with Crippen LogP contribution in [0.15, 0.2) is 47.4 Å². The molecule has 1 aliphatic carbocycles. The zero-order valence-electron chi connectivity index (χ0n) is 13.5. The molecule has 0 saturated heterocycles. The number of benzene rings is 2. The quantitative estimate of drug-likeness (QED) is 0.820. The lowest BCUT2D eigenvalue weighted by Gasteiger charge is -2.13. The maximum Gasteiger partial charge on any atom is 0.248 e. The molecular formula is C19H20N2O2S. The zero-order valence-corrected chi connectivity index (χ0v) is 14.4. The van der Waals surface area contributed by atoms with Crippen LogP contribution in [0.4, 0.5) is 5.69 Å². The average Bonchev–Trinajstić information content (AvgIpc) is 3.03. The minimum atomic E-state index is -0.478. The van der Waals surface area contributed by atoms with Crippen LogP contribution in [-0.2, 0) is 17.6 Å². The van der Waals surface area contributed by atoms with Crippen molar-refractivity contribution in [1.82, 2.24) is 0 Å².